The minimum absolute atomic E-state index is 0.0829. The molecule has 1 aliphatic carbocycles. The summed E-state index contributed by atoms with van der Waals surface area (Å²) in [7, 11) is 0. The van der Waals surface area contributed by atoms with E-state index in [1.807, 2.05) is 0 Å². The van der Waals surface area contributed by atoms with Crippen LogP contribution in [0.3, 0.4) is 0 Å². The SMILES string of the molecule is NC(=S)C1(C(=O)NCCC(F)(F)F)CCCC1. The van der Waals surface area contributed by atoms with Crippen LogP contribution in [0.4, 0.5) is 13.2 Å². The predicted octanol–water partition coefficient (Wildman–Crippen LogP) is 1.90. The van der Waals surface area contributed by atoms with Crippen molar-refractivity contribution in [3.05, 3.63) is 0 Å². The van der Waals surface area contributed by atoms with Gasteiger partial charge in [-0.25, -0.2) is 0 Å². The van der Waals surface area contributed by atoms with E-state index in [1.165, 1.54) is 0 Å². The quantitative estimate of drug-likeness (QED) is 0.766. The first-order chi connectivity index (χ1) is 7.78. The molecule has 3 nitrogen and oxygen atoms in total. The van der Waals surface area contributed by atoms with Crippen LogP contribution in [0.2, 0.25) is 0 Å². The molecular formula is C10H15F3N2OS. The van der Waals surface area contributed by atoms with E-state index < -0.39 is 30.5 Å². The third kappa shape index (κ3) is 3.55. The van der Waals surface area contributed by atoms with Crippen LogP contribution in [0.5, 0.6) is 0 Å². The third-order valence-corrected chi connectivity index (χ3v) is 3.45. The minimum Gasteiger partial charge on any atom is -0.392 e. The molecule has 1 fully saturated rings. The molecule has 7 heteroatoms. The number of amides is 1. The molecule has 0 atom stereocenters. The van der Waals surface area contributed by atoms with Crippen LogP contribution in [-0.4, -0.2) is 23.6 Å². The fraction of sp³-hybridized carbons (Fsp3) is 0.800. The first-order valence-electron chi connectivity index (χ1n) is 5.43. The standard InChI is InChI=1S/C10H15F3N2OS/c11-10(12,13)5-6-15-8(16)9(7(14)17)3-1-2-4-9/h1-6H2,(H2,14,17)(H,15,16). The summed E-state index contributed by atoms with van der Waals surface area (Å²) in [4.78, 5) is 11.9. The lowest BCUT2D eigenvalue weighted by atomic mass is 9.85. The summed E-state index contributed by atoms with van der Waals surface area (Å²) in [6, 6.07) is 0. The second-order valence-corrected chi connectivity index (χ2v) is 4.71. The summed E-state index contributed by atoms with van der Waals surface area (Å²) in [6.45, 7) is -0.424. The minimum atomic E-state index is -4.26. The maximum atomic E-state index is 11.9. The zero-order valence-corrected chi connectivity index (χ0v) is 10.1. The van der Waals surface area contributed by atoms with Crippen molar-refractivity contribution < 1.29 is 18.0 Å². The summed E-state index contributed by atoms with van der Waals surface area (Å²) in [6.07, 6.45) is -2.60. The molecule has 0 bridgehead atoms. The molecule has 17 heavy (non-hydrogen) atoms. The molecule has 0 aromatic rings. The van der Waals surface area contributed by atoms with Gasteiger partial charge >= 0.3 is 6.18 Å². The number of carbonyl (C=O) groups excluding carboxylic acids is 1. The Morgan fingerprint density at radius 2 is 1.88 bits per heavy atom. The Bertz CT molecular complexity index is 311. The van der Waals surface area contributed by atoms with Crippen molar-refractivity contribution in [2.45, 2.75) is 38.3 Å². The summed E-state index contributed by atoms with van der Waals surface area (Å²) >= 11 is 4.86. The lowest BCUT2D eigenvalue weighted by Crippen LogP contribution is -2.47. The Balaban J connectivity index is 2.53. The van der Waals surface area contributed by atoms with Gasteiger partial charge in [-0.1, -0.05) is 25.1 Å². The van der Waals surface area contributed by atoms with Gasteiger partial charge in [0.2, 0.25) is 5.91 Å². The Labute approximate surface area is 103 Å². The van der Waals surface area contributed by atoms with Crippen molar-refractivity contribution in [3.63, 3.8) is 0 Å². The largest absolute Gasteiger partial charge is 0.392 e. The summed E-state index contributed by atoms with van der Waals surface area (Å²) < 4.78 is 35.8. The molecule has 0 heterocycles. The van der Waals surface area contributed by atoms with E-state index in [4.69, 9.17) is 18.0 Å². The van der Waals surface area contributed by atoms with E-state index >= 15 is 0 Å². The van der Waals surface area contributed by atoms with E-state index in [0.29, 0.717) is 12.8 Å². The van der Waals surface area contributed by atoms with Crippen LogP contribution in [0, 0.1) is 5.41 Å². The predicted molar refractivity (Wildman–Crippen MR) is 61.4 cm³/mol. The van der Waals surface area contributed by atoms with Gasteiger partial charge in [0, 0.05) is 6.54 Å². The van der Waals surface area contributed by atoms with Gasteiger partial charge in [0.15, 0.2) is 0 Å². The first-order valence-corrected chi connectivity index (χ1v) is 5.84. The number of nitrogens with two attached hydrogens (primary N) is 1. The molecule has 0 saturated heterocycles. The van der Waals surface area contributed by atoms with Gasteiger partial charge in [0.05, 0.1) is 16.8 Å². The van der Waals surface area contributed by atoms with Crippen LogP contribution in [0.1, 0.15) is 32.1 Å². The Hall–Kier alpha value is -0.850. The average molecular weight is 268 g/mol. The topological polar surface area (TPSA) is 55.1 Å². The molecule has 0 aromatic carbocycles. The highest BCUT2D eigenvalue weighted by molar-refractivity contribution is 7.80. The smallest absolute Gasteiger partial charge is 0.390 e. The first kappa shape index (κ1) is 14.2. The zero-order chi connectivity index (χ0) is 13.1. The number of hydrogen-bond acceptors (Lipinski definition) is 2. The molecule has 0 unspecified atom stereocenters. The monoisotopic (exact) mass is 268 g/mol. The third-order valence-electron chi connectivity index (χ3n) is 3.06. The molecule has 3 N–H and O–H groups in total. The summed E-state index contributed by atoms with van der Waals surface area (Å²) in [5.74, 6) is -0.466. The van der Waals surface area contributed by atoms with E-state index in [1.54, 1.807) is 0 Å². The molecule has 0 spiro atoms. The van der Waals surface area contributed by atoms with E-state index in [9.17, 15) is 18.0 Å². The van der Waals surface area contributed by atoms with Crippen molar-refractivity contribution in [1.29, 1.82) is 0 Å². The summed E-state index contributed by atoms with van der Waals surface area (Å²) in [5, 5.41) is 2.28. The molecule has 1 saturated carbocycles. The highest BCUT2D eigenvalue weighted by Gasteiger charge is 2.44. The molecule has 1 rings (SSSR count). The fourth-order valence-corrected chi connectivity index (χ4v) is 2.35. The van der Waals surface area contributed by atoms with Gasteiger partial charge in [-0.3, -0.25) is 4.79 Å². The van der Waals surface area contributed by atoms with Gasteiger partial charge in [0.1, 0.15) is 0 Å². The molecule has 1 aliphatic rings. The molecule has 0 radical (unpaired) electrons. The zero-order valence-electron chi connectivity index (χ0n) is 9.27. The molecule has 98 valence electrons. The summed E-state index contributed by atoms with van der Waals surface area (Å²) in [5.41, 5.74) is 4.61. The van der Waals surface area contributed by atoms with Crippen molar-refractivity contribution in [3.8, 4) is 0 Å². The molecule has 0 aromatic heterocycles. The Morgan fingerprint density at radius 1 is 1.35 bits per heavy atom. The van der Waals surface area contributed by atoms with E-state index in [2.05, 4.69) is 5.32 Å². The van der Waals surface area contributed by atoms with Crippen LogP contribution in [0.25, 0.3) is 0 Å². The maximum Gasteiger partial charge on any atom is 0.390 e. The van der Waals surface area contributed by atoms with Crippen molar-refractivity contribution >= 4 is 23.1 Å². The number of nitrogens with one attached hydrogen (secondary N) is 1. The molecule has 1 amide bonds. The number of halogens is 3. The Kier molecular flexibility index (Phi) is 4.35. The number of alkyl halides is 3. The van der Waals surface area contributed by atoms with Gasteiger partial charge in [-0.15, -0.1) is 0 Å². The van der Waals surface area contributed by atoms with Crippen molar-refractivity contribution in [1.82, 2.24) is 5.32 Å². The highest BCUT2D eigenvalue weighted by Crippen LogP contribution is 2.38. The maximum absolute atomic E-state index is 11.9. The second kappa shape index (κ2) is 5.20. The number of carbonyl (C=O) groups is 1. The van der Waals surface area contributed by atoms with Crippen molar-refractivity contribution in [2.75, 3.05) is 6.54 Å². The van der Waals surface area contributed by atoms with Crippen LogP contribution >= 0.6 is 12.2 Å². The highest BCUT2D eigenvalue weighted by atomic mass is 32.1. The normalized spacial score (nSPS) is 19.0. The van der Waals surface area contributed by atoms with Gasteiger partial charge < -0.3 is 11.1 Å². The van der Waals surface area contributed by atoms with Gasteiger partial charge in [-0.2, -0.15) is 13.2 Å². The number of thiocarbonyl (C=S) groups is 1. The number of hydrogen-bond donors (Lipinski definition) is 2. The molecule has 0 aliphatic heterocycles. The van der Waals surface area contributed by atoms with Gasteiger partial charge in [-0.05, 0) is 12.8 Å². The average Bonchev–Trinajstić information content (AvgIpc) is 2.64. The van der Waals surface area contributed by atoms with Crippen molar-refractivity contribution in [2.24, 2.45) is 11.1 Å². The Morgan fingerprint density at radius 3 is 2.29 bits per heavy atom. The van der Waals surface area contributed by atoms with Gasteiger partial charge in [0.25, 0.3) is 0 Å². The van der Waals surface area contributed by atoms with E-state index in [0.717, 1.165) is 12.8 Å². The lowest BCUT2D eigenvalue weighted by molar-refractivity contribution is -0.137. The lowest BCUT2D eigenvalue weighted by Gasteiger charge is -2.26. The second-order valence-electron chi connectivity index (χ2n) is 4.27. The van der Waals surface area contributed by atoms with E-state index in [-0.39, 0.29) is 4.99 Å². The van der Waals surface area contributed by atoms with Crippen LogP contribution < -0.4 is 11.1 Å². The fourth-order valence-electron chi connectivity index (χ4n) is 2.05. The molecular weight excluding hydrogens is 253 g/mol. The van der Waals surface area contributed by atoms with Crippen LogP contribution in [0.15, 0.2) is 0 Å². The van der Waals surface area contributed by atoms with Crippen LogP contribution in [-0.2, 0) is 4.79 Å². The number of rotatable bonds is 4.